The third-order valence-corrected chi connectivity index (χ3v) is 4.84. The van der Waals surface area contributed by atoms with Crippen LogP contribution in [-0.2, 0) is 13.6 Å². The predicted molar refractivity (Wildman–Crippen MR) is 104 cm³/mol. The van der Waals surface area contributed by atoms with E-state index in [0.717, 1.165) is 16.6 Å². The summed E-state index contributed by atoms with van der Waals surface area (Å²) in [5, 5.41) is 4.18. The van der Waals surface area contributed by atoms with Crippen LogP contribution in [0.2, 0.25) is 0 Å². The molecule has 0 saturated heterocycles. The van der Waals surface area contributed by atoms with E-state index in [1.54, 1.807) is 12.4 Å². The molecule has 0 spiro atoms. The topological polar surface area (TPSA) is 51.9 Å². The molecule has 0 unspecified atom stereocenters. The highest BCUT2D eigenvalue weighted by atomic mass is 16.1. The van der Waals surface area contributed by atoms with E-state index in [2.05, 4.69) is 46.9 Å². The first-order valence-electron chi connectivity index (χ1n) is 8.83. The molecule has 1 aromatic carbocycles. The van der Waals surface area contributed by atoms with Crippen molar-refractivity contribution in [1.29, 1.82) is 0 Å². The van der Waals surface area contributed by atoms with Gasteiger partial charge in [0.2, 0.25) is 0 Å². The highest BCUT2D eigenvalue weighted by Crippen LogP contribution is 2.33. The Morgan fingerprint density at radius 2 is 1.85 bits per heavy atom. The summed E-state index contributed by atoms with van der Waals surface area (Å²) in [5.74, 6) is -0.0695. The van der Waals surface area contributed by atoms with E-state index in [1.165, 1.54) is 10.9 Å². The van der Waals surface area contributed by atoms with Crippen molar-refractivity contribution in [3.8, 4) is 0 Å². The van der Waals surface area contributed by atoms with E-state index < -0.39 is 0 Å². The number of hydrogen-bond donors (Lipinski definition) is 1. The summed E-state index contributed by atoms with van der Waals surface area (Å²) in [5.41, 5.74) is 5.10. The number of nitrogens with one attached hydrogen (secondary N) is 1. The van der Waals surface area contributed by atoms with Crippen molar-refractivity contribution >= 4 is 27.8 Å². The Kier molecular flexibility index (Phi) is 3.99. The quantitative estimate of drug-likeness (QED) is 0.606. The van der Waals surface area contributed by atoms with Crippen molar-refractivity contribution in [3.05, 3.63) is 66.1 Å². The van der Waals surface area contributed by atoms with Gasteiger partial charge in [0.05, 0.1) is 16.6 Å². The summed E-state index contributed by atoms with van der Waals surface area (Å²) >= 11 is 0. The van der Waals surface area contributed by atoms with E-state index in [1.807, 2.05) is 35.9 Å². The number of carbonyl (C=O) groups excluding carboxylic acids is 1. The second kappa shape index (κ2) is 6.33. The SMILES string of the molecule is CC(C)n1c2ccccc2c2c1cc(C(=O)NCc1ccncc1)n2C. The van der Waals surface area contributed by atoms with Crippen LogP contribution in [0.5, 0.6) is 0 Å². The van der Waals surface area contributed by atoms with Crippen molar-refractivity contribution in [2.75, 3.05) is 0 Å². The number of aromatic nitrogens is 3. The summed E-state index contributed by atoms with van der Waals surface area (Å²) in [6, 6.07) is 14.5. The van der Waals surface area contributed by atoms with Gasteiger partial charge in [0.1, 0.15) is 5.69 Å². The Morgan fingerprint density at radius 1 is 1.12 bits per heavy atom. The van der Waals surface area contributed by atoms with Crippen LogP contribution in [0.3, 0.4) is 0 Å². The second-order valence-electron chi connectivity index (χ2n) is 6.84. The summed E-state index contributed by atoms with van der Waals surface area (Å²) < 4.78 is 4.29. The number of aryl methyl sites for hydroxylation is 1. The van der Waals surface area contributed by atoms with Crippen LogP contribution in [0, 0.1) is 0 Å². The zero-order chi connectivity index (χ0) is 18.3. The van der Waals surface area contributed by atoms with E-state index in [0.29, 0.717) is 18.3 Å². The maximum absolute atomic E-state index is 12.8. The average Bonchev–Trinajstić information content (AvgIpc) is 3.15. The largest absolute Gasteiger partial charge is 0.347 e. The molecule has 0 aliphatic rings. The monoisotopic (exact) mass is 346 g/mol. The van der Waals surface area contributed by atoms with Gasteiger partial charge < -0.3 is 14.5 Å². The first-order chi connectivity index (χ1) is 12.6. The lowest BCUT2D eigenvalue weighted by Gasteiger charge is -2.10. The fraction of sp³-hybridized carbons (Fsp3) is 0.238. The van der Waals surface area contributed by atoms with Gasteiger partial charge in [-0.15, -0.1) is 0 Å². The predicted octanol–water partition coefficient (Wildman–Crippen LogP) is 4.04. The van der Waals surface area contributed by atoms with E-state index in [-0.39, 0.29) is 5.91 Å². The Hall–Kier alpha value is -3.08. The molecule has 0 fully saturated rings. The molecule has 3 aromatic heterocycles. The van der Waals surface area contributed by atoms with Crippen molar-refractivity contribution in [1.82, 2.24) is 19.4 Å². The van der Waals surface area contributed by atoms with Gasteiger partial charge in [0.25, 0.3) is 5.91 Å². The molecular weight excluding hydrogens is 324 g/mol. The van der Waals surface area contributed by atoms with Crippen LogP contribution in [-0.4, -0.2) is 20.0 Å². The third kappa shape index (κ3) is 2.56. The summed E-state index contributed by atoms with van der Waals surface area (Å²) in [6.45, 7) is 4.83. The van der Waals surface area contributed by atoms with Crippen LogP contribution in [0.15, 0.2) is 54.9 Å². The molecule has 0 radical (unpaired) electrons. The minimum atomic E-state index is -0.0695. The zero-order valence-electron chi connectivity index (χ0n) is 15.2. The standard InChI is InChI=1S/C21H22N4O/c1-14(2)25-17-7-5-4-6-16(17)20-18(25)12-19(24(20)3)21(26)23-13-15-8-10-22-11-9-15/h4-12,14H,13H2,1-3H3,(H,23,26). The molecular formula is C21H22N4O. The highest BCUT2D eigenvalue weighted by molar-refractivity contribution is 6.10. The van der Waals surface area contributed by atoms with Gasteiger partial charge in [0, 0.05) is 37.4 Å². The molecule has 5 nitrogen and oxygen atoms in total. The molecule has 1 N–H and O–H groups in total. The van der Waals surface area contributed by atoms with Crippen LogP contribution < -0.4 is 5.32 Å². The third-order valence-electron chi connectivity index (χ3n) is 4.84. The van der Waals surface area contributed by atoms with Crippen LogP contribution >= 0.6 is 0 Å². The second-order valence-corrected chi connectivity index (χ2v) is 6.84. The average molecular weight is 346 g/mol. The Bertz CT molecular complexity index is 1090. The van der Waals surface area contributed by atoms with E-state index in [9.17, 15) is 4.79 Å². The number of hydrogen-bond acceptors (Lipinski definition) is 2. The molecule has 4 aromatic rings. The molecule has 26 heavy (non-hydrogen) atoms. The number of pyridine rings is 1. The first-order valence-corrected chi connectivity index (χ1v) is 8.83. The normalized spacial score (nSPS) is 11.5. The minimum absolute atomic E-state index is 0.0695. The fourth-order valence-corrected chi connectivity index (χ4v) is 3.65. The maximum atomic E-state index is 12.8. The fourth-order valence-electron chi connectivity index (χ4n) is 3.65. The Morgan fingerprint density at radius 3 is 2.58 bits per heavy atom. The summed E-state index contributed by atoms with van der Waals surface area (Å²) in [6.07, 6.45) is 3.46. The molecule has 4 rings (SSSR count). The smallest absolute Gasteiger partial charge is 0.268 e. The zero-order valence-corrected chi connectivity index (χ0v) is 15.2. The van der Waals surface area contributed by atoms with E-state index in [4.69, 9.17) is 0 Å². The highest BCUT2D eigenvalue weighted by Gasteiger charge is 2.20. The molecule has 3 heterocycles. The van der Waals surface area contributed by atoms with Gasteiger partial charge in [-0.25, -0.2) is 0 Å². The van der Waals surface area contributed by atoms with Gasteiger partial charge in [-0.3, -0.25) is 9.78 Å². The lowest BCUT2D eigenvalue weighted by atomic mass is 10.2. The summed E-state index contributed by atoms with van der Waals surface area (Å²) in [4.78, 5) is 16.8. The maximum Gasteiger partial charge on any atom is 0.268 e. The molecule has 1 amide bonds. The molecule has 132 valence electrons. The van der Waals surface area contributed by atoms with Crippen molar-refractivity contribution in [2.45, 2.75) is 26.4 Å². The number of nitrogens with zero attached hydrogens (tertiary/aromatic N) is 3. The van der Waals surface area contributed by atoms with Gasteiger partial charge in [0.15, 0.2) is 0 Å². The van der Waals surface area contributed by atoms with Crippen LogP contribution in [0.4, 0.5) is 0 Å². The number of para-hydroxylation sites is 1. The lowest BCUT2D eigenvalue weighted by Crippen LogP contribution is -2.24. The molecule has 0 aliphatic carbocycles. The van der Waals surface area contributed by atoms with Crippen molar-refractivity contribution < 1.29 is 4.79 Å². The van der Waals surface area contributed by atoms with Crippen molar-refractivity contribution in [3.63, 3.8) is 0 Å². The molecule has 0 bridgehead atoms. The van der Waals surface area contributed by atoms with Gasteiger partial charge >= 0.3 is 0 Å². The van der Waals surface area contributed by atoms with E-state index >= 15 is 0 Å². The van der Waals surface area contributed by atoms with Crippen LogP contribution in [0.1, 0.15) is 35.9 Å². The van der Waals surface area contributed by atoms with Crippen molar-refractivity contribution in [2.24, 2.45) is 7.05 Å². The Labute approximate surface area is 152 Å². The van der Waals surface area contributed by atoms with Gasteiger partial charge in [-0.05, 0) is 43.7 Å². The number of benzene rings is 1. The minimum Gasteiger partial charge on any atom is -0.347 e. The molecule has 0 aliphatic heterocycles. The lowest BCUT2D eigenvalue weighted by molar-refractivity contribution is 0.0943. The summed E-state index contributed by atoms with van der Waals surface area (Å²) in [7, 11) is 1.96. The number of carbonyl (C=O) groups is 1. The molecule has 0 saturated carbocycles. The van der Waals surface area contributed by atoms with Gasteiger partial charge in [-0.2, -0.15) is 0 Å². The first kappa shape index (κ1) is 16.4. The van der Waals surface area contributed by atoms with Gasteiger partial charge in [-0.1, -0.05) is 18.2 Å². The van der Waals surface area contributed by atoms with Crippen LogP contribution in [0.25, 0.3) is 21.9 Å². The number of rotatable bonds is 4. The molecule has 5 heteroatoms. The number of fused-ring (bicyclic) bond motifs is 3. The Balaban J connectivity index is 1.76. The molecule has 0 atom stereocenters. The number of amides is 1.